The van der Waals surface area contributed by atoms with E-state index in [0.717, 1.165) is 5.56 Å². The van der Waals surface area contributed by atoms with Crippen LogP contribution in [0.15, 0.2) is 88.3 Å². The second-order valence-corrected chi connectivity index (χ2v) is 14.4. The van der Waals surface area contributed by atoms with Gasteiger partial charge in [-0.05, 0) is 85.9 Å². The third kappa shape index (κ3) is 5.94. The number of esters is 1. The van der Waals surface area contributed by atoms with E-state index >= 15 is 0 Å². The number of para-hydroxylation sites is 1. The number of nitrogens with zero attached hydrogens (tertiary/aromatic N) is 2. The second-order valence-electron chi connectivity index (χ2n) is 14.4. The van der Waals surface area contributed by atoms with Crippen molar-refractivity contribution < 1.29 is 38.0 Å². The summed E-state index contributed by atoms with van der Waals surface area (Å²) in [5.74, 6) is -0.425. The van der Waals surface area contributed by atoms with Crippen LogP contribution in [-0.2, 0) is 14.2 Å². The van der Waals surface area contributed by atoms with Gasteiger partial charge in [-0.15, -0.1) is 0 Å². The fourth-order valence-corrected chi connectivity index (χ4v) is 9.15. The Bertz CT molecular complexity index is 2040. The maximum Gasteiger partial charge on any atom is 0.345 e. The molecule has 8 unspecified atom stereocenters. The van der Waals surface area contributed by atoms with Crippen LogP contribution in [-0.4, -0.2) is 48.1 Å². The fourth-order valence-electron chi connectivity index (χ4n) is 9.15. The van der Waals surface area contributed by atoms with Crippen molar-refractivity contribution in [1.29, 1.82) is 5.26 Å². The normalized spacial score (nSPS) is 29.6. The molecule has 2 fully saturated rings. The molecule has 0 saturated heterocycles. The summed E-state index contributed by atoms with van der Waals surface area (Å²) in [4.78, 5) is 31.6. The second kappa shape index (κ2) is 13.8. The molecule has 11 heteroatoms. The Balaban J connectivity index is 1.28. The van der Waals surface area contributed by atoms with Gasteiger partial charge in [0.1, 0.15) is 34.5 Å². The average molecular weight is 707 g/mol. The summed E-state index contributed by atoms with van der Waals surface area (Å²) in [5, 5.41) is 21.6. The van der Waals surface area contributed by atoms with Gasteiger partial charge in [-0.1, -0.05) is 32.0 Å². The Labute approximate surface area is 302 Å². The van der Waals surface area contributed by atoms with E-state index in [4.69, 9.17) is 28.1 Å². The first-order valence-electron chi connectivity index (χ1n) is 17.5. The predicted molar refractivity (Wildman–Crippen MR) is 188 cm³/mol. The third-order valence-corrected chi connectivity index (χ3v) is 11.7. The van der Waals surface area contributed by atoms with Crippen LogP contribution in [0.4, 0.5) is 0 Å². The molecule has 4 aromatic rings. The van der Waals surface area contributed by atoms with Crippen molar-refractivity contribution in [3.63, 3.8) is 0 Å². The zero-order valence-corrected chi connectivity index (χ0v) is 29.8. The highest BCUT2D eigenvalue weighted by Crippen LogP contribution is 2.65. The Morgan fingerprint density at radius 2 is 1.87 bits per heavy atom. The largest absolute Gasteiger partial charge is 0.496 e. The Morgan fingerprint density at radius 1 is 1.10 bits per heavy atom. The molecule has 2 aromatic heterocycles. The van der Waals surface area contributed by atoms with Crippen LogP contribution in [0.1, 0.15) is 79.5 Å². The molecule has 0 spiro atoms. The SMILES string of the molecule is COc1ccccc1C(OC)OC1CCC2(C)C(C[C@H](OC(=O)c3ccc(C#N)cc3)C3(C)Oc4cc(-c5cccnc5)oc(=O)c4C(O)C23)C1C. The first-order valence-corrected chi connectivity index (χ1v) is 17.5. The topological polar surface area (TPSA) is 150 Å². The quantitative estimate of drug-likeness (QED) is 0.152. The van der Waals surface area contributed by atoms with Gasteiger partial charge in [0.05, 0.1) is 36.5 Å². The summed E-state index contributed by atoms with van der Waals surface area (Å²) in [6.45, 7) is 6.10. The van der Waals surface area contributed by atoms with E-state index in [0.29, 0.717) is 36.1 Å². The first kappa shape index (κ1) is 35.4. The lowest BCUT2D eigenvalue weighted by molar-refractivity contribution is -0.258. The van der Waals surface area contributed by atoms with Crippen LogP contribution in [0.3, 0.4) is 0 Å². The van der Waals surface area contributed by atoms with Crippen LogP contribution in [0.5, 0.6) is 11.5 Å². The van der Waals surface area contributed by atoms with Crippen LogP contribution < -0.4 is 15.1 Å². The Hall–Kier alpha value is -5.02. The molecule has 1 N–H and O–H groups in total. The molecule has 2 saturated carbocycles. The summed E-state index contributed by atoms with van der Waals surface area (Å²) in [7, 11) is 3.20. The number of pyridine rings is 1. The van der Waals surface area contributed by atoms with Gasteiger partial charge in [0.25, 0.3) is 0 Å². The summed E-state index contributed by atoms with van der Waals surface area (Å²) in [6, 6.07) is 21.0. The molecule has 270 valence electrons. The Morgan fingerprint density at radius 3 is 2.56 bits per heavy atom. The van der Waals surface area contributed by atoms with Gasteiger partial charge in [0.2, 0.25) is 0 Å². The van der Waals surface area contributed by atoms with Crippen molar-refractivity contribution in [2.45, 2.75) is 70.2 Å². The first-order chi connectivity index (χ1) is 25.0. The van der Waals surface area contributed by atoms with E-state index in [2.05, 4.69) is 24.9 Å². The minimum Gasteiger partial charge on any atom is -0.496 e. The molecule has 0 radical (unpaired) electrons. The number of aliphatic hydroxyl groups excluding tert-OH is 1. The zero-order chi connectivity index (χ0) is 36.8. The van der Waals surface area contributed by atoms with Gasteiger partial charge in [-0.3, -0.25) is 4.98 Å². The number of carbonyl (C=O) groups excluding carboxylic acids is 1. The number of hydrogen-bond donors (Lipinski definition) is 1. The molecule has 52 heavy (non-hydrogen) atoms. The molecule has 3 aliphatic rings. The van der Waals surface area contributed by atoms with E-state index in [1.54, 1.807) is 69.1 Å². The highest BCUT2D eigenvalue weighted by atomic mass is 16.7. The van der Waals surface area contributed by atoms with E-state index in [1.807, 2.05) is 31.2 Å². The maximum atomic E-state index is 13.8. The minimum atomic E-state index is -1.29. The number of rotatable bonds is 8. The lowest BCUT2D eigenvalue weighted by atomic mass is 9.46. The molecule has 0 bridgehead atoms. The average Bonchev–Trinajstić information content (AvgIpc) is 3.15. The molecular weight excluding hydrogens is 664 g/mol. The Kier molecular flexibility index (Phi) is 9.42. The van der Waals surface area contributed by atoms with Gasteiger partial charge >= 0.3 is 11.6 Å². The van der Waals surface area contributed by atoms with E-state index in [1.165, 1.54) is 0 Å². The van der Waals surface area contributed by atoms with Gasteiger partial charge in [0, 0.05) is 42.6 Å². The molecule has 1 aliphatic heterocycles. The monoisotopic (exact) mass is 706 g/mol. The van der Waals surface area contributed by atoms with E-state index < -0.39 is 47.0 Å². The van der Waals surface area contributed by atoms with Crippen LogP contribution in [0, 0.1) is 34.5 Å². The van der Waals surface area contributed by atoms with Gasteiger partial charge in [0.15, 0.2) is 6.29 Å². The van der Waals surface area contributed by atoms with E-state index in [9.17, 15) is 20.0 Å². The minimum absolute atomic E-state index is 0.0378. The number of methoxy groups -OCH3 is 2. The highest BCUT2D eigenvalue weighted by Gasteiger charge is 2.68. The number of ether oxygens (including phenoxy) is 5. The van der Waals surface area contributed by atoms with Crippen molar-refractivity contribution in [2.75, 3.05) is 14.2 Å². The maximum absolute atomic E-state index is 13.8. The summed E-state index contributed by atoms with van der Waals surface area (Å²) in [5.41, 5.74) is -0.459. The van der Waals surface area contributed by atoms with Crippen molar-refractivity contribution >= 4 is 5.97 Å². The standard InChI is InChI=1S/C41H42N2O9/c1-23-28-19-33(51-37(45)25-14-12-24(21-42)13-15-25)41(3)36(35(44)34-32(52-41)20-31(49-38(34)46)26-9-8-18-43-22-26)40(28,2)17-16-29(23)50-39(48-5)27-10-6-7-11-30(27)47-4/h6-15,18,20,22-23,28-29,33,35-36,39,44H,16-17,19H2,1-5H3/t23?,28?,29?,33-,35?,36?,39?,40?,41?/m0/s1. The molecular formula is C41H42N2O9. The summed E-state index contributed by atoms with van der Waals surface area (Å²) in [6.07, 6.45) is 1.78. The number of nitriles is 1. The van der Waals surface area contributed by atoms with Crippen LogP contribution in [0.25, 0.3) is 11.3 Å². The molecule has 2 aromatic carbocycles. The molecule has 9 atom stereocenters. The van der Waals surface area contributed by atoms with Gasteiger partial charge in [-0.2, -0.15) is 5.26 Å². The molecule has 3 heterocycles. The third-order valence-electron chi connectivity index (χ3n) is 11.7. The number of aliphatic hydroxyl groups is 1. The summed E-state index contributed by atoms with van der Waals surface area (Å²) < 4.78 is 37.1. The number of aromatic nitrogens is 1. The molecule has 0 amide bonds. The molecule has 2 aliphatic carbocycles. The van der Waals surface area contributed by atoms with Crippen molar-refractivity contribution in [3.05, 3.63) is 112 Å². The van der Waals surface area contributed by atoms with Crippen molar-refractivity contribution in [1.82, 2.24) is 4.98 Å². The van der Waals surface area contributed by atoms with Crippen molar-refractivity contribution in [3.8, 4) is 28.9 Å². The smallest absolute Gasteiger partial charge is 0.345 e. The van der Waals surface area contributed by atoms with Gasteiger partial charge in [-0.25, -0.2) is 9.59 Å². The lowest BCUT2D eigenvalue weighted by Crippen LogP contribution is -2.69. The number of hydrogen-bond acceptors (Lipinski definition) is 11. The number of benzene rings is 2. The van der Waals surface area contributed by atoms with E-state index in [-0.39, 0.29) is 40.6 Å². The number of carbonyl (C=O) groups is 1. The molecule has 7 rings (SSSR count). The highest BCUT2D eigenvalue weighted by molar-refractivity contribution is 5.89. The van der Waals surface area contributed by atoms with Gasteiger partial charge < -0.3 is 33.2 Å². The molecule has 11 nitrogen and oxygen atoms in total. The lowest BCUT2D eigenvalue weighted by Gasteiger charge is -2.64. The summed E-state index contributed by atoms with van der Waals surface area (Å²) >= 11 is 0. The van der Waals surface area contributed by atoms with Crippen LogP contribution >= 0.6 is 0 Å². The predicted octanol–water partition coefficient (Wildman–Crippen LogP) is 6.79. The fraction of sp³-hybridized carbons (Fsp3) is 0.415. The zero-order valence-electron chi connectivity index (χ0n) is 29.8. The number of fused-ring (bicyclic) bond motifs is 4. The van der Waals surface area contributed by atoms with Crippen molar-refractivity contribution in [2.24, 2.45) is 23.2 Å². The van der Waals surface area contributed by atoms with Crippen LogP contribution in [0.2, 0.25) is 0 Å².